The van der Waals surface area contributed by atoms with E-state index in [1.165, 1.54) is 12.8 Å². The van der Waals surface area contributed by atoms with E-state index in [-0.39, 0.29) is 5.91 Å². The second kappa shape index (κ2) is 5.39. The molecule has 0 saturated carbocycles. The van der Waals surface area contributed by atoms with Gasteiger partial charge in [0.1, 0.15) is 0 Å². The van der Waals surface area contributed by atoms with Gasteiger partial charge >= 0.3 is 0 Å². The average Bonchev–Trinajstić information content (AvgIpc) is 3.18. The van der Waals surface area contributed by atoms with Crippen LogP contribution in [0.4, 0.5) is 0 Å². The molecule has 3 fully saturated rings. The highest BCUT2D eigenvalue weighted by Gasteiger charge is 2.52. The Morgan fingerprint density at radius 1 is 1.33 bits per heavy atom. The maximum atomic E-state index is 12.1. The quantitative estimate of drug-likeness (QED) is 0.890. The molecule has 3 aliphatic heterocycles. The van der Waals surface area contributed by atoms with Gasteiger partial charge < -0.3 is 10.1 Å². The van der Waals surface area contributed by atoms with E-state index in [4.69, 9.17) is 4.74 Å². The molecule has 2 bridgehead atoms. The molecular weight excluding hydrogens is 266 g/mol. The number of ether oxygens (including phenoxy) is 1. The first-order chi connectivity index (χ1) is 10.3. The zero-order valence-corrected chi connectivity index (χ0v) is 12.1. The lowest BCUT2D eigenvalue weighted by Gasteiger charge is -2.18. The monoisotopic (exact) mass is 287 g/mol. The van der Waals surface area contributed by atoms with Crippen molar-refractivity contribution in [3.63, 3.8) is 0 Å². The van der Waals surface area contributed by atoms with Gasteiger partial charge in [-0.15, -0.1) is 0 Å². The number of likely N-dealkylation sites (tertiary alicyclic amines) is 1. The minimum absolute atomic E-state index is 0.104. The molecule has 1 aromatic heterocycles. The molecule has 3 aliphatic rings. The van der Waals surface area contributed by atoms with Crippen molar-refractivity contribution in [3.05, 3.63) is 30.1 Å². The lowest BCUT2D eigenvalue weighted by molar-refractivity contribution is -0.122. The summed E-state index contributed by atoms with van der Waals surface area (Å²) < 4.78 is 5.96. The molecule has 1 N–H and O–H groups in total. The van der Waals surface area contributed by atoms with Gasteiger partial charge in [0.2, 0.25) is 5.91 Å². The van der Waals surface area contributed by atoms with Crippen molar-refractivity contribution in [2.24, 2.45) is 11.8 Å². The van der Waals surface area contributed by atoms with Gasteiger partial charge in [0, 0.05) is 43.9 Å². The first-order valence-corrected chi connectivity index (χ1v) is 7.83. The lowest BCUT2D eigenvalue weighted by atomic mass is 9.82. The Morgan fingerprint density at radius 3 is 2.76 bits per heavy atom. The van der Waals surface area contributed by atoms with Crippen LogP contribution in [-0.4, -0.2) is 47.6 Å². The number of pyridine rings is 1. The summed E-state index contributed by atoms with van der Waals surface area (Å²) in [4.78, 5) is 18.4. The highest BCUT2D eigenvalue weighted by atomic mass is 16.5. The molecule has 0 aromatic carbocycles. The van der Waals surface area contributed by atoms with Crippen LogP contribution in [0, 0.1) is 11.8 Å². The van der Waals surface area contributed by atoms with Gasteiger partial charge in [-0.3, -0.25) is 14.7 Å². The third-order valence-corrected chi connectivity index (χ3v) is 5.11. The number of hydrogen-bond acceptors (Lipinski definition) is 4. The fraction of sp³-hybridized carbons (Fsp3) is 0.625. The number of carbonyl (C=O) groups excluding carboxylic acids is 1. The molecule has 3 saturated heterocycles. The molecular formula is C16H21N3O2. The molecule has 4 atom stereocenters. The highest BCUT2D eigenvalue weighted by molar-refractivity contribution is 5.78. The van der Waals surface area contributed by atoms with Crippen molar-refractivity contribution in [1.29, 1.82) is 0 Å². The van der Waals surface area contributed by atoms with E-state index >= 15 is 0 Å². The third kappa shape index (κ3) is 2.56. The summed E-state index contributed by atoms with van der Waals surface area (Å²) in [6.07, 6.45) is 6.88. The number of aromatic nitrogens is 1. The molecule has 4 rings (SSSR count). The van der Waals surface area contributed by atoms with E-state index < -0.39 is 0 Å². The Labute approximate surface area is 124 Å². The fourth-order valence-electron chi connectivity index (χ4n) is 4.14. The largest absolute Gasteiger partial charge is 0.374 e. The van der Waals surface area contributed by atoms with Gasteiger partial charge in [-0.25, -0.2) is 0 Å². The first-order valence-electron chi connectivity index (χ1n) is 7.83. The van der Waals surface area contributed by atoms with Crippen LogP contribution in [0.2, 0.25) is 0 Å². The van der Waals surface area contributed by atoms with Crippen LogP contribution in [0.25, 0.3) is 0 Å². The molecule has 4 heterocycles. The van der Waals surface area contributed by atoms with E-state index in [1.807, 2.05) is 12.1 Å². The van der Waals surface area contributed by atoms with Gasteiger partial charge in [-0.1, -0.05) is 6.07 Å². The van der Waals surface area contributed by atoms with E-state index in [1.54, 1.807) is 12.4 Å². The van der Waals surface area contributed by atoms with Crippen molar-refractivity contribution in [2.75, 3.05) is 19.6 Å². The maximum absolute atomic E-state index is 12.1. The number of rotatable bonds is 4. The number of nitrogens with one attached hydrogen (secondary N) is 1. The Morgan fingerprint density at radius 2 is 2.10 bits per heavy atom. The van der Waals surface area contributed by atoms with Gasteiger partial charge in [0.15, 0.2) is 0 Å². The Balaban J connectivity index is 1.26. The van der Waals surface area contributed by atoms with Crippen molar-refractivity contribution in [2.45, 2.75) is 31.6 Å². The minimum Gasteiger partial charge on any atom is -0.374 e. The molecule has 0 unspecified atom stereocenters. The summed E-state index contributed by atoms with van der Waals surface area (Å²) in [6, 6.07) is 3.86. The number of amides is 1. The number of fused-ring (bicyclic) bond motifs is 5. The SMILES string of the molecule is O=C(CN1C[C@@H]2[C@@H](C1)[C@H]1CC[C@H]2O1)NCc1cccnc1. The summed E-state index contributed by atoms with van der Waals surface area (Å²) in [5.74, 6) is 1.43. The number of carbonyl (C=O) groups is 1. The number of nitrogens with zero attached hydrogens (tertiary/aromatic N) is 2. The Bertz CT molecular complexity index is 504. The van der Waals surface area contributed by atoms with Gasteiger partial charge in [0.25, 0.3) is 0 Å². The van der Waals surface area contributed by atoms with Gasteiger partial charge in [-0.05, 0) is 24.5 Å². The topological polar surface area (TPSA) is 54.5 Å². The normalized spacial score (nSPS) is 34.1. The average molecular weight is 287 g/mol. The number of hydrogen-bond donors (Lipinski definition) is 1. The Hall–Kier alpha value is -1.46. The highest BCUT2D eigenvalue weighted by Crippen LogP contribution is 2.46. The van der Waals surface area contributed by atoms with E-state index in [2.05, 4.69) is 15.2 Å². The summed E-state index contributed by atoms with van der Waals surface area (Å²) >= 11 is 0. The summed E-state index contributed by atoms with van der Waals surface area (Å²) in [7, 11) is 0. The van der Waals surface area contributed by atoms with Gasteiger partial charge in [0.05, 0.1) is 18.8 Å². The van der Waals surface area contributed by atoms with Crippen LogP contribution in [0.15, 0.2) is 24.5 Å². The molecule has 1 aromatic rings. The minimum atomic E-state index is 0.104. The Kier molecular flexibility index (Phi) is 3.39. The van der Waals surface area contributed by atoms with Crippen molar-refractivity contribution in [1.82, 2.24) is 15.2 Å². The van der Waals surface area contributed by atoms with Crippen molar-refractivity contribution < 1.29 is 9.53 Å². The summed E-state index contributed by atoms with van der Waals surface area (Å²) in [6.45, 7) is 3.10. The van der Waals surface area contributed by atoms with Crippen LogP contribution in [0.3, 0.4) is 0 Å². The van der Waals surface area contributed by atoms with E-state index in [0.717, 1.165) is 18.7 Å². The second-order valence-corrected chi connectivity index (χ2v) is 6.45. The van der Waals surface area contributed by atoms with Crippen LogP contribution >= 0.6 is 0 Å². The molecule has 21 heavy (non-hydrogen) atoms. The maximum Gasteiger partial charge on any atom is 0.234 e. The molecule has 112 valence electrons. The zero-order chi connectivity index (χ0) is 14.2. The van der Waals surface area contributed by atoms with Crippen LogP contribution < -0.4 is 5.32 Å². The predicted octanol–water partition coefficient (Wildman–Crippen LogP) is 0.807. The van der Waals surface area contributed by atoms with Crippen molar-refractivity contribution in [3.8, 4) is 0 Å². The van der Waals surface area contributed by atoms with Crippen molar-refractivity contribution >= 4 is 5.91 Å². The molecule has 0 radical (unpaired) electrons. The second-order valence-electron chi connectivity index (χ2n) is 6.45. The smallest absolute Gasteiger partial charge is 0.234 e. The van der Waals surface area contributed by atoms with E-state index in [9.17, 15) is 4.79 Å². The standard InChI is InChI=1S/C16H21N3O2/c20-16(18-7-11-2-1-5-17-6-11)10-19-8-12-13(9-19)15-4-3-14(12)21-15/h1-2,5-6,12-15H,3-4,7-10H2,(H,18,20)/t12-,13-,14-,15-/m1/s1. The predicted molar refractivity (Wildman–Crippen MR) is 77.4 cm³/mol. The summed E-state index contributed by atoms with van der Waals surface area (Å²) in [5.41, 5.74) is 1.04. The lowest BCUT2D eigenvalue weighted by Crippen LogP contribution is -2.37. The molecule has 0 aliphatic carbocycles. The van der Waals surface area contributed by atoms with Crippen LogP contribution in [-0.2, 0) is 16.1 Å². The summed E-state index contributed by atoms with van der Waals surface area (Å²) in [5, 5.41) is 2.98. The molecule has 0 spiro atoms. The fourth-order valence-corrected chi connectivity index (χ4v) is 4.14. The van der Waals surface area contributed by atoms with Gasteiger partial charge in [-0.2, -0.15) is 0 Å². The first kappa shape index (κ1) is 13.2. The molecule has 5 nitrogen and oxygen atoms in total. The molecule has 5 heteroatoms. The zero-order valence-electron chi connectivity index (χ0n) is 12.1. The van der Waals surface area contributed by atoms with E-state index in [0.29, 0.717) is 37.1 Å². The molecule has 1 amide bonds. The van der Waals surface area contributed by atoms with Crippen LogP contribution in [0.1, 0.15) is 18.4 Å². The third-order valence-electron chi connectivity index (χ3n) is 5.11. The van der Waals surface area contributed by atoms with Crippen LogP contribution in [0.5, 0.6) is 0 Å².